The number of benzene rings is 1. The average molecular weight is 296 g/mol. The van der Waals surface area contributed by atoms with Crippen LogP contribution in [0.1, 0.15) is 0 Å². The fourth-order valence-corrected chi connectivity index (χ4v) is 2.64. The van der Waals surface area contributed by atoms with E-state index in [1.807, 2.05) is 60.1 Å². The second-order valence-corrected chi connectivity index (χ2v) is 5.46. The van der Waals surface area contributed by atoms with Gasteiger partial charge in [0.25, 0.3) is 12.2 Å². The van der Waals surface area contributed by atoms with Crippen molar-refractivity contribution in [2.45, 2.75) is 6.54 Å². The van der Waals surface area contributed by atoms with E-state index in [-0.39, 0.29) is 12.5 Å². The van der Waals surface area contributed by atoms with Crippen molar-refractivity contribution in [3.05, 3.63) is 66.4 Å². The summed E-state index contributed by atoms with van der Waals surface area (Å²) >= 11 is 1.65. The van der Waals surface area contributed by atoms with Crippen LogP contribution >= 0.6 is 11.3 Å². The highest BCUT2D eigenvalue weighted by Gasteiger charge is 2.10. The van der Waals surface area contributed by atoms with Crippen LogP contribution in [0.2, 0.25) is 0 Å². The topological polar surface area (TPSA) is 45.9 Å². The van der Waals surface area contributed by atoms with Crippen molar-refractivity contribution in [2.24, 2.45) is 0 Å². The molecule has 0 radical (unpaired) electrons. The average Bonchev–Trinajstić information content (AvgIpc) is 3.03. The molecule has 0 saturated carbocycles. The second-order valence-electron chi connectivity index (χ2n) is 4.51. The number of hydrogen-bond acceptors (Lipinski definition) is 3. The molecule has 104 valence electrons. The summed E-state index contributed by atoms with van der Waals surface area (Å²) in [5, 5.41) is 4.87. The zero-order valence-electron chi connectivity index (χ0n) is 11.3. The van der Waals surface area contributed by atoms with Gasteiger partial charge in [-0.25, -0.2) is 4.57 Å². The first-order chi connectivity index (χ1) is 10.3. The first kappa shape index (κ1) is 13.5. The minimum atomic E-state index is -0.0723. The molecule has 1 N–H and O–H groups in total. The molecule has 3 aromatic rings. The molecule has 0 saturated heterocycles. The van der Waals surface area contributed by atoms with Crippen molar-refractivity contribution in [3.8, 4) is 10.6 Å². The molecule has 0 bridgehead atoms. The molecule has 0 aliphatic rings. The maximum Gasteiger partial charge on any atom is 0.287 e. The zero-order chi connectivity index (χ0) is 14.5. The lowest BCUT2D eigenvalue weighted by Crippen LogP contribution is -2.40. The van der Waals surface area contributed by atoms with Crippen LogP contribution in [0.3, 0.4) is 0 Å². The van der Waals surface area contributed by atoms with E-state index in [0.717, 1.165) is 16.3 Å². The highest BCUT2D eigenvalue weighted by Crippen LogP contribution is 2.20. The molecule has 0 aliphatic carbocycles. The van der Waals surface area contributed by atoms with Crippen LogP contribution in [0.25, 0.3) is 10.6 Å². The van der Waals surface area contributed by atoms with Gasteiger partial charge in [-0.1, -0.05) is 24.3 Å². The molecule has 0 unspecified atom stereocenters. The number of nitrogens with one attached hydrogen (secondary N) is 1. The highest BCUT2D eigenvalue weighted by molar-refractivity contribution is 7.13. The Hall–Kier alpha value is -2.53. The Morgan fingerprint density at radius 2 is 2.00 bits per heavy atom. The summed E-state index contributed by atoms with van der Waals surface area (Å²) in [5.41, 5.74) is 1.72. The van der Waals surface area contributed by atoms with Crippen molar-refractivity contribution in [2.75, 3.05) is 5.32 Å². The third-order valence-corrected chi connectivity index (χ3v) is 3.82. The van der Waals surface area contributed by atoms with Crippen LogP contribution < -0.4 is 9.88 Å². The number of aromatic nitrogens is 2. The van der Waals surface area contributed by atoms with Crippen LogP contribution in [-0.4, -0.2) is 10.9 Å². The van der Waals surface area contributed by atoms with E-state index in [4.69, 9.17) is 0 Å². The van der Waals surface area contributed by atoms with Crippen molar-refractivity contribution in [3.63, 3.8) is 0 Å². The Morgan fingerprint density at radius 3 is 2.67 bits per heavy atom. The Balaban J connectivity index is 1.64. The van der Waals surface area contributed by atoms with Crippen molar-refractivity contribution >= 4 is 22.9 Å². The minimum absolute atomic E-state index is 0.0723. The number of amides is 1. The van der Waals surface area contributed by atoms with Gasteiger partial charge in [-0.05, 0) is 28.6 Å². The van der Waals surface area contributed by atoms with E-state index >= 15 is 0 Å². The maximum absolute atomic E-state index is 11.9. The largest absolute Gasteiger partial charge is 0.323 e. The third-order valence-electron chi connectivity index (χ3n) is 2.93. The third kappa shape index (κ3) is 3.52. The molecular formula is C16H14N3OS+. The molecule has 21 heavy (non-hydrogen) atoms. The number of carbonyl (C=O) groups excluding carboxylic acids is 1. The van der Waals surface area contributed by atoms with Crippen molar-refractivity contribution in [1.82, 2.24) is 4.98 Å². The van der Waals surface area contributed by atoms with Gasteiger partial charge in [0.1, 0.15) is 0 Å². The molecular weight excluding hydrogens is 282 g/mol. The summed E-state index contributed by atoms with van der Waals surface area (Å²) in [4.78, 5) is 17.4. The summed E-state index contributed by atoms with van der Waals surface area (Å²) in [5.74, 6) is -0.0723. The molecule has 5 heteroatoms. The van der Waals surface area contributed by atoms with Gasteiger partial charge in [0.05, 0.1) is 11.1 Å². The maximum atomic E-state index is 11.9. The number of thiophene rings is 1. The number of nitrogens with zero attached hydrogens (tertiary/aromatic N) is 2. The van der Waals surface area contributed by atoms with E-state index in [1.165, 1.54) is 0 Å². The predicted molar refractivity (Wildman–Crippen MR) is 82.8 cm³/mol. The summed E-state index contributed by atoms with van der Waals surface area (Å²) in [6.45, 7) is 0.243. The summed E-state index contributed by atoms with van der Waals surface area (Å²) in [6, 6.07) is 15.4. The molecule has 1 aromatic carbocycles. The monoisotopic (exact) mass is 296 g/mol. The van der Waals surface area contributed by atoms with Gasteiger partial charge in [0.2, 0.25) is 0 Å². The summed E-state index contributed by atoms with van der Waals surface area (Å²) in [7, 11) is 0. The first-order valence-corrected chi connectivity index (χ1v) is 7.43. The van der Waals surface area contributed by atoms with Gasteiger partial charge >= 0.3 is 0 Å². The summed E-state index contributed by atoms with van der Waals surface area (Å²) in [6.07, 6.45) is 3.55. The summed E-state index contributed by atoms with van der Waals surface area (Å²) < 4.78 is 1.76. The first-order valence-electron chi connectivity index (χ1n) is 6.55. The van der Waals surface area contributed by atoms with Gasteiger partial charge < -0.3 is 5.32 Å². The van der Waals surface area contributed by atoms with Gasteiger partial charge in [0.15, 0.2) is 12.2 Å². The van der Waals surface area contributed by atoms with Crippen LogP contribution in [0, 0.1) is 0 Å². The molecule has 0 aliphatic heterocycles. The molecule has 2 aromatic heterocycles. The molecule has 3 rings (SSSR count). The van der Waals surface area contributed by atoms with Crippen LogP contribution in [0.5, 0.6) is 0 Å². The lowest BCUT2D eigenvalue weighted by molar-refractivity contribution is -0.686. The van der Waals surface area contributed by atoms with Crippen LogP contribution in [0.15, 0.2) is 66.4 Å². The molecule has 0 fully saturated rings. The van der Waals surface area contributed by atoms with Gasteiger partial charge in [0, 0.05) is 11.8 Å². The molecule has 0 spiro atoms. The van der Waals surface area contributed by atoms with E-state index in [2.05, 4.69) is 10.3 Å². The van der Waals surface area contributed by atoms with Gasteiger partial charge in [-0.2, -0.15) is 0 Å². The number of carbonyl (C=O) groups is 1. The fraction of sp³-hybridized carbons (Fsp3) is 0.0625. The quantitative estimate of drug-likeness (QED) is 0.752. The van der Waals surface area contributed by atoms with Crippen LogP contribution in [0.4, 0.5) is 5.69 Å². The molecule has 0 atom stereocenters. The minimum Gasteiger partial charge on any atom is -0.323 e. The zero-order valence-corrected chi connectivity index (χ0v) is 12.1. The van der Waals surface area contributed by atoms with Crippen molar-refractivity contribution < 1.29 is 9.36 Å². The smallest absolute Gasteiger partial charge is 0.287 e. The fourth-order valence-electron chi connectivity index (χ4n) is 1.94. The van der Waals surface area contributed by atoms with E-state index in [9.17, 15) is 4.79 Å². The number of para-hydroxylation sites is 1. The molecule has 1 amide bonds. The van der Waals surface area contributed by atoms with E-state index in [1.54, 1.807) is 22.2 Å². The number of hydrogen-bond donors (Lipinski definition) is 1. The number of anilines is 1. The second kappa shape index (κ2) is 6.28. The van der Waals surface area contributed by atoms with Gasteiger partial charge in [-0.3, -0.25) is 4.79 Å². The number of rotatable bonds is 4. The Bertz CT molecular complexity index is 709. The molecule has 4 nitrogen and oxygen atoms in total. The lowest BCUT2D eigenvalue weighted by Gasteiger charge is -2.03. The van der Waals surface area contributed by atoms with E-state index < -0.39 is 0 Å². The highest BCUT2D eigenvalue weighted by atomic mass is 32.1. The normalized spacial score (nSPS) is 10.3. The SMILES string of the molecule is O=C(C[n+]1ccc(-c2cccs2)nc1)Nc1ccccc1. The standard InChI is InChI=1S/C16H13N3OS/c20-16(18-13-5-2-1-3-6-13)11-19-9-8-14(17-12-19)15-7-4-10-21-15/h1-10,12H,11H2/p+1. The molecule has 2 heterocycles. The lowest BCUT2D eigenvalue weighted by atomic mass is 10.3. The van der Waals surface area contributed by atoms with E-state index in [0.29, 0.717) is 0 Å². The predicted octanol–water partition coefficient (Wildman–Crippen LogP) is 2.74. The Labute approximate surface area is 126 Å². The van der Waals surface area contributed by atoms with Crippen LogP contribution in [-0.2, 0) is 11.3 Å². The Kier molecular flexibility index (Phi) is 4.02. The van der Waals surface area contributed by atoms with Gasteiger partial charge in [-0.15, -0.1) is 11.3 Å². The Morgan fingerprint density at radius 1 is 1.14 bits per heavy atom. The van der Waals surface area contributed by atoms with Crippen molar-refractivity contribution in [1.29, 1.82) is 0 Å².